The maximum Gasteiger partial charge on any atom is 0.238 e. The molecule has 0 aromatic rings. The van der Waals surface area contributed by atoms with Gasteiger partial charge in [-0.2, -0.15) is 0 Å². The quantitative estimate of drug-likeness (QED) is 0.528. The fraction of sp³-hybridized carbons (Fsp3) is 0.714. The summed E-state index contributed by atoms with van der Waals surface area (Å²) in [5.41, 5.74) is -0.770. The van der Waals surface area contributed by atoms with Crippen LogP contribution in [0.4, 0.5) is 0 Å². The molecule has 0 aromatic carbocycles. The van der Waals surface area contributed by atoms with Crippen LogP contribution < -0.4 is 5.32 Å². The van der Waals surface area contributed by atoms with Gasteiger partial charge in [0.2, 0.25) is 11.8 Å². The van der Waals surface area contributed by atoms with E-state index < -0.39 is 5.41 Å². The van der Waals surface area contributed by atoms with Crippen molar-refractivity contribution in [3.8, 4) is 0 Å². The summed E-state index contributed by atoms with van der Waals surface area (Å²) in [5, 5.41) is 2.75. The van der Waals surface area contributed by atoms with E-state index in [-0.39, 0.29) is 11.8 Å². The van der Waals surface area contributed by atoms with Crippen LogP contribution in [0, 0.1) is 5.41 Å². The van der Waals surface area contributed by atoms with Crippen molar-refractivity contribution in [1.82, 2.24) is 10.2 Å². The number of carbonyl (C=O) groups is 2. The van der Waals surface area contributed by atoms with Crippen LogP contribution in [0.5, 0.6) is 0 Å². The minimum atomic E-state index is -0.770. The van der Waals surface area contributed by atoms with Crippen molar-refractivity contribution in [1.29, 1.82) is 0 Å². The van der Waals surface area contributed by atoms with Crippen molar-refractivity contribution in [3.05, 3.63) is 12.7 Å². The first-order chi connectivity index (χ1) is 8.62. The molecule has 0 unspecified atom stereocenters. The maximum atomic E-state index is 12.5. The molecule has 1 N–H and O–H groups in total. The molecule has 0 aliphatic heterocycles. The Morgan fingerprint density at radius 2 is 1.83 bits per heavy atom. The first-order valence-electron chi connectivity index (χ1n) is 6.81. The van der Waals surface area contributed by atoms with Gasteiger partial charge < -0.3 is 10.2 Å². The van der Waals surface area contributed by atoms with Gasteiger partial charge in [-0.05, 0) is 25.7 Å². The lowest BCUT2D eigenvalue weighted by molar-refractivity contribution is -0.144. The molecule has 0 aromatic heterocycles. The molecule has 1 rings (SSSR count). The summed E-state index contributed by atoms with van der Waals surface area (Å²) in [6.45, 7) is 9.57. The molecular weight excluding hydrogens is 228 g/mol. The number of hydrogen-bond acceptors (Lipinski definition) is 2. The zero-order chi connectivity index (χ0) is 13.6. The third kappa shape index (κ3) is 3.12. The topological polar surface area (TPSA) is 49.4 Å². The highest BCUT2D eigenvalue weighted by Crippen LogP contribution is 2.47. The standard InChI is InChI=1S/C14H24N2O2/c1-4-9-15-12(17)14(7-8-14)13(18)16(10-5-2)11-6-3/h4H,1,5-11H2,2-3H3,(H,15,17). The van der Waals surface area contributed by atoms with Gasteiger partial charge in [0.1, 0.15) is 5.41 Å². The molecule has 1 fully saturated rings. The van der Waals surface area contributed by atoms with Gasteiger partial charge in [0, 0.05) is 19.6 Å². The molecule has 1 saturated carbocycles. The fourth-order valence-corrected chi connectivity index (χ4v) is 2.15. The molecule has 0 heterocycles. The number of amides is 2. The third-order valence-corrected chi connectivity index (χ3v) is 3.28. The van der Waals surface area contributed by atoms with Crippen LogP contribution >= 0.6 is 0 Å². The van der Waals surface area contributed by atoms with Gasteiger partial charge in [-0.15, -0.1) is 6.58 Å². The zero-order valence-electron chi connectivity index (χ0n) is 11.5. The zero-order valence-corrected chi connectivity index (χ0v) is 11.5. The number of nitrogens with zero attached hydrogens (tertiary/aromatic N) is 1. The SMILES string of the molecule is C=CCNC(=O)C1(C(=O)N(CCC)CCC)CC1. The minimum absolute atomic E-state index is 0.00719. The molecule has 0 spiro atoms. The summed E-state index contributed by atoms with van der Waals surface area (Å²) < 4.78 is 0. The lowest BCUT2D eigenvalue weighted by Crippen LogP contribution is -2.45. The van der Waals surface area contributed by atoms with Gasteiger partial charge in [-0.3, -0.25) is 9.59 Å². The van der Waals surface area contributed by atoms with Gasteiger partial charge in [-0.25, -0.2) is 0 Å². The summed E-state index contributed by atoms with van der Waals surface area (Å²) in [7, 11) is 0. The van der Waals surface area contributed by atoms with Crippen molar-refractivity contribution in [2.45, 2.75) is 39.5 Å². The van der Waals surface area contributed by atoms with Crippen LogP contribution in [0.1, 0.15) is 39.5 Å². The Morgan fingerprint density at radius 3 is 2.22 bits per heavy atom. The molecule has 4 nitrogen and oxygen atoms in total. The van der Waals surface area contributed by atoms with Crippen LogP contribution in [0.25, 0.3) is 0 Å². The van der Waals surface area contributed by atoms with Crippen LogP contribution in [-0.4, -0.2) is 36.3 Å². The molecule has 0 radical (unpaired) electrons. The van der Waals surface area contributed by atoms with Crippen LogP contribution in [0.15, 0.2) is 12.7 Å². The highest BCUT2D eigenvalue weighted by molar-refractivity contribution is 6.07. The lowest BCUT2D eigenvalue weighted by atomic mass is 10.0. The summed E-state index contributed by atoms with van der Waals surface area (Å²) in [5.74, 6) is -0.127. The summed E-state index contributed by atoms with van der Waals surface area (Å²) in [6, 6.07) is 0. The van der Waals surface area contributed by atoms with Crippen LogP contribution in [0.3, 0.4) is 0 Å². The van der Waals surface area contributed by atoms with E-state index in [4.69, 9.17) is 0 Å². The van der Waals surface area contributed by atoms with E-state index in [1.54, 1.807) is 6.08 Å². The third-order valence-electron chi connectivity index (χ3n) is 3.28. The highest BCUT2D eigenvalue weighted by Gasteiger charge is 2.57. The van der Waals surface area contributed by atoms with E-state index in [1.165, 1.54) is 0 Å². The molecule has 18 heavy (non-hydrogen) atoms. The predicted molar refractivity (Wildman–Crippen MR) is 72.0 cm³/mol. The molecule has 0 saturated heterocycles. The minimum Gasteiger partial charge on any atom is -0.352 e. The first-order valence-corrected chi connectivity index (χ1v) is 6.81. The van der Waals surface area contributed by atoms with E-state index in [9.17, 15) is 9.59 Å². The average molecular weight is 252 g/mol. The van der Waals surface area contributed by atoms with E-state index in [0.29, 0.717) is 19.4 Å². The Kier molecular flexibility index (Phi) is 5.38. The molecule has 4 heteroatoms. The van der Waals surface area contributed by atoms with Crippen molar-refractivity contribution in [2.75, 3.05) is 19.6 Å². The van der Waals surface area contributed by atoms with Crippen molar-refractivity contribution in [2.24, 2.45) is 5.41 Å². The average Bonchev–Trinajstić information content (AvgIpc) is 3.16. The van der Waals surface area contributed by atoms with E-state index in [0.717, 1.165) is 25.9 Å². The van der Waals surface area contributed by atoms with Crippen LogP contribution in [-0.2, 0) is 9.59 Å². The molecule has 1 aliphatic carbocycles. The number of carbonyl (C=O) groups excluding carboxylic acids is 2. The van der Waals surface area contributed by atoms with Crippen molar-refractivity contribution >= 4 is 11.8 Å². The monoisotopic (exact) mass is 252 g/mol. The predicted octanol–water partition coefficient (Wildman–Crippen LogP) is 1.72. The molecule has 102 valence electrons. The lowest BCUT2D eigenvalue weighted by Gasteiger charge is -2.26. The van der Waals surface area contributed by atoms with Crippen molar-refractivity contribution in [3.63, 3.8) is 0 Å². The van der Waals surface area contributed by atoms with Gasteiger partial charge in [0.05, 0.1) is 0 Å². The first kappa shape index (κ1) is 14.7. The highest BCUT2D eigenvalue weighted by atomic mass is 16.2. The van der Waals surface area contributed by atoms with E-state index >= 15 is 0 Å². The number of rotatable bonds is 8. The second kappa shape index (κ2) is 6.57. The molecule has 2 amide bonds. The van der Waals surface area contributed by atoms with Gasteiger partial charge in [0.15, 0.2) is 0 Å². The molecule has 0 atom stereocenters. The van der Waals surface area contributed by atoms with Crippen LogP contribution in [0.2, 0.25) is 0 Å². The Hall–Kier alpha value is -1.32. The Balaban J connectivity index is 2.67. The summed E-state index contributed by atoms with van der Waals surface area (Å²) in [6.07, 6.45) is 4.85. The molecule has 0 bridgehead atoms. The Morgan fingerprint density at radius 1 is 1.28 bits per heavy atom. The molecule has 1 aliphatic rings. The number of hydrogen-bond donors (Lipinski definition) is 1. The summed E-state index contributed by atoms with van der Waals surface area (Å²) >= 11 is 0. The second-order valence-electron chi connectivity index (χ2n) is 4.87. The maximum absolute atomic E-state index is 12.5. The smallest absolute Gasteiger partial charge is 0.238 e. The van der Waals surface area contributed by atoms with Gasteiger partial charge in [-0.1, -0.05) is 19.9 Å². The van der Waals surface area contributed by atoms with Crippen molar-refractivity contribution < 1.29 is 9.59 Å². The fourth-order valence-electron chi connectivity index (χ4n) is 2.15. The summed E-state index contributed by atoms with van der Waals surface area (Å²) in [4.78, 5) is 26.3. The number of nitrogens with one attached hydrogen (secondary N) is 1. The van der Waals surface area contributed by atoms with E-state index in [2.05, 4.69) is 11.9 Å². The van der Waals surface area contributed by atoms with E-state index in [1.807, 2.05) is 18.7 Å². The van der Waals surface area contributed by atoms with Gasteiger partial charge >= 0.3 is 0 Å². The molecular formula is C14H24N2O2. The Labute approximate surface area is 109 Å². The normalized spacial score (nSPS) is 15.9. The largest absolute Gasteiger partial charge is 0.352 e. The van der Waals surface area contributed by atoms with Gasteiger partial charge in [0.25, 0.3) is 0 Å². The second-order valence-corrected chi connectivity index (χ2v) is 4.87. The Bertz CT molecular complexity index is 316.